The maximum Gasteiger partial charge on any atom is 0.335 e. The second-order valence-electron chi connectivity index (χ2n) is 7.84. The van der Waals surface area contributed by atoms with Crippen LogP contribution in [0.5, 0.6) is 0 Å². The van der Waals surface area contributed by atoms with Crippen LogP contribution < -0.4 is 4.90 Å². The highest BCUT2D eigenvalue weighted by molar-refractivity contribution is 5.88. The molecule has 0 radical (unpaired) electrons. The number of hydrogen-bond acceptors (Lipinski definition) is 5. The normalized spacial score (nSPS) is 15.6. The quantitative estimate of drug-likeness (QED) is 0.702. The molecule has 7 heteroatoms. The number of likely N-dealkylation sites (N-methyl/N-ethyl adjacent to an activating group) is 1. The fourth-order valence-corrected chi connectivity index (χ4v) is 3.79. The van der Waals surface area contributed by atoms with Crippen LogP contribution in [0.25, 0.3) is 0 Å². The Kier molecular flexibility index (Phi) is 8.24. The van der Waals surface area contributed by atoms with Gasteiger partial charge in [0.15, 0.2) is 0 Å². The molecule has 0 unspecified atom stereocenters. The molecule has 1 aliphatic heterocycles. The Labute approximate surface area is 183 Å². The molecule has 1 fully saturated rings. The Hall–Kier alpha value is -2.59. The highest BCUT2D eigenvalue weighted by Crippen LogP contribution is 2.26. The zero-order chi connectivity index (χ0) is 20.9. The van der Waals surface area contributed by atoms with Crippen LogP contribution in [0.3, 0.4) is 0 Å². The van der Waals surface area contributed by atoms with E-state index in [0.29, 0.717) is 24.9 Å². The Bertz CT molecular complexity index is 887. The third-order valence-corrected chi connectivity index (χ3v) is 5.65. The Morgan fingerprint density at radius 3 is 2.47 bits per heavy atom. The molecule has 0 bridgehead atoms. The number of anilines is 1. The number of nitrogens with zero attached hydrogens (tertiary/aromatic N) is 3. The van der Waals surface area contributed by atoms with Crippen molar-refractivity contribution in [3.8, 4) is 6.07 Å². The van der Waals surface area contributed by atoms with Crippen molar-refractivity contribution in [2.75, 3.05) is 38.1 Å². The lowest BCUT2D eigenvalue weighted by molar-refractivity contribution is -0.0137. The summed E-state index contributed by atoms with van der Waals surface area (Å²) in [5.74, 6) is -0.950. The van der Waals surface area contributed by atoms with Gasteiger partial charge >= 0.3 is 5.97 Å². The number of hydrogen-bond donors (Lipinski definition) is 2. The molecule has 2 N–H and O–H groups in total. The molecule has 2 aromatic rings. The summed E-state index contributed by atoms with van der Waals surface area (Å²) in [4.78, 5) is 15.5. The molecule has 30 heavy (non-hydrogen) atoms. The molecule has 1 aliphatic rings. The van der Waals surface area contributed by atoms with E-state index < -0.39 is 11.6 Å². The van der Waals surface area contributed by atoms with Gasteiger partial charge in [-0.1, -0.05) is 18.2 Å². The number of aliphatic hydroxyl groups is 1. The molecule has 0 aromatic heterocycles. The van der Waals surface area contributed by atoms with E-state index in [1.807, 2.05) is 42.3 Å². The van der Waals surface area contributed by atoms with Crippen LogP contribution in [0.1, 0.15) is 34.3 Å². The summed E-state index contributed by atoms with van der Waals surface area (Å²) >= 11 is 0. The van der Waals surface area contributed by atoms with Crippen molar-refractivity contribution in [1.82, 2.24) is 4.90 Å². The van der Waals surface area contributed by atoms with Crippen LogP contribution in [0.4, 0.5) is 5.69 Å². The second-order valence-corrected chi connectivity index (χ2v) is 7.84. The third kappa shape index (κ3) is 6.20. The zero-order valence-corrected chi connectivity index (χ0v) is 17.9. The summed E-state index contributed by atoms with van der Waals surface area (Å²) in [5, 5.41) is 29.1. The molecule has 0 saturated carbocycles. The van der Waals surface area contributed by atoms with Crippen LogP contribution in [-0.4, -0.2) is 59.9 Å². The number of carboxylic acids is 1. The molecule has 0 atom stereocenters. The maximum atomic E-state index is 11.2. The van der Waals surface area contributed by atoms with E-state index in [1.54, 1.807) is 18.2 Å². The van der Waals surface area contributed by atoms with Gasteiger partial charge in [0.05, 0.1) is 22.8 Å². The largest absolute Gasteiger partial charge is 0.478 e. The molecule has 160 valence electrons. The van der Waals surface area contributed by atoms with E-state index in [-0.39, 0.29) is 18.0 Å². The molecule has 1 saturated heterocycles. The lowest BCUT2D eigenvalue weighted by atomic mass is 9.90. The average molecular weight is 430 g/mol. The van der Waals surface area contributed by atoms with E-state index in [0.717, 1.165) is 31.7 Å². The summed E-state index contributed by atoms with van der Waals surface area (Å²) in [6.07, 6.45) is 2.29. The number of rotatable bonds is 7. The second kappa shape index (κ2) is 10.4. The molecule has 0 amide bonds. The van der Waals surface area contributed by atoms with E-state index in [9.17, 15) is 9.90 Å². The van der Waals surface area contributed by atoms with Crippen LogP contribution >= 0.6 is 12.4 Å². The van der Waals surface area contributed by atoms with Crippen LogP contribution in [0.2, 0.25) is 0 Å². The minimum absolute atomic E-state index is 0. The van der Waals surface area contributed by atoms with Gasteiger partial charge in [0, 0.05) is 38.9 Å². The number of benzene rings is 2. The first kappa shape index (κ1) is 23.7. The third-order valence-electron chi connectivity index (χ3n) is 5.65. The van der Waals surface area contributed by atoms with Crippen molar-refractivity contribution in [1.29, 1.82) is 5.26 Å². The molecule has 0 aliphatic carbocycles. The molecule has 2 aromatic carbocycles. The van der Waals surface area contributed by atoms with Crippen molar-refractivity contribution in [2.24, 2.45) is 0 Å². The monoisotopic (exact) mass is 429 g/mol. The number of carboxylic acid groups (broad SMARTS) is 1. The first-order valence-electron chi connectivity index (χ1n) is 9.87. The van der Waals surface area contributed by atoms with Crippen molar-refractivity contribution in [3.05, 3.63) is 65.2 Å². The van der Waals surface area contributed by atoms with E-state index in [1.165, 1.54) is 5.56 Å². The number of likely N-dealkylation sites (tertiary alicyclic amines) is 1. The fourth-order valence-electron chi connectivity index (χ4n) is 3.79. The van der Waals surface area contributed by atoms with Crippen molar-refractivity contribution < 1.29 is 15.0 Å². The minimum Gasteiger partial charge on any atom is -0.478 e. The summed E-state index contributed by atoms with van der Waals surface area (Å²) in [6, 6.07) is 16.6. The van der Waals surface area contributed by atoms with Crippen LogP contribution in [0, 0.1) is 11.3 Å². The Balaban J connectivity index is 0.00000320. The summed E-state index contributed by atoms with van der Waals surface area (Å²) in [5.41, 5.74) is 2.15. The Morgan fingerprint density at radius 2 is 1.87 bits per heavy atom. The highest BCUT2D eigenvalue weighted by Gasteiger charge is 2.33. The van der Waals surface area contributed by atoms with E-state index in [4.69, 9.17) is 10.4 Å². The van der Waals surface area contributed by atoms with Gasteiger partial charge in [0.25, 0.3) is 0 Å². The number of aromatic carboxylic acids is 1. The van der Waals surface area contributed by atoms with Crippen molar-refractivity contribution >= 4 is 24.1 Å². The van der Waals surface area contributed by atoms with Gasteiger partial charge in [-0.25, -0.2) is 4.79 Å². The molecular formula is C23H28ClN3O3. The van der Waals surface area contributed by atoms with Crippen molar-refractivity contribution in [3.63, 3.8) is 0 Å². The number of piperidine rings is 1. The number of halogens is 1. The molecular weight excluding hydrogens is 402 g/mol. The molecule has 6 nitrogen and oxygen atoms in total. The lowest BCUT2D eigenvalue weighted by Crippen LogP contribution is -2.50. The van der Waals surface area contributed by atoms with Crippen LogP contribution in [0.15, 0.2) is 48.5 Å². The predicted octanol–water partition coefficient (Wildman–Crippen LogP) is 3.18. The van der Waals surface area contributed by atoms with Gasteiger partial charge in [0.1, 0.15) is 0 Å². The first-order valence-corrected chi connectivity index (χ1v) is 9.87. The number of carbonyl (C=O) groups is 1. The minimum atomic E-state index is -0.950. The highest BCUT2D eigenvalue weighted by atomic mass is 35.5. The van der Waals surface area contributed by atoms with Crippen LogP contribution in [-0.2, 0) is 6.42 Å². The summed E-state index contributed by atoms with van der Waals surface area (Å²) in [7, 11) is 1.89. The number of nitriles is 1. The first-order chi connectivity index (χ1) is 13.9. The standard InChI is InChI=1S/C23H27N3O3.ClH/c1-25(21-4-2-3-20(15-21)22(27)28)17-23(29)10-13-26(14-11-23)12-9-18-5-7-19(16-24)8-6-18;/h2-8,15,29H,9-14,17H2,1H3,(H,27,28);1H. The SMILES string of the molecule is CN(CC1(O)CCN(CCc2ccc(C#N)cc2)CC1)c1cccc(C(=O)O)c1.Cl. The molecule has 1 heterocycles. The van der Waals surface area contributed by atoms with Gasteiger partial charge < -0.3 is 20.0 Å². The Morgan fingerprint density at radius 1 is 1.20 bits per heavy atom. The van der Waals surface area contributed by atoms with Gasteiger partial charge in [-0.05, 0) is 55.2 Å². The van der Waals surface area contributed by atoms with E-state index >= 15 is 0 Å². The predicted molar refractivity (Wildman–Crippen MR) is 119 cm³/mol. The van der Waals surface area contributed by atoms with E-state index in [2.05, 4.69) is 11.0 Å². The lowest BCUT2D eigenvalue weighted by Gasteiger charge is -2.40. The summed E-state index contributed by atoms with van der Waals surface area (Å²) < 4.78 is 0. The van der Waals surface area contributed by atoms with Gasteiger partial charge in [0.2, 0.25) is 0 Å². The van der Waals surface area contributed by atoms with Gasteiger partial charge in [-0.2, -0.15) is 5.26 Å². The average Bonchev–Trinajstić information content (AvgIpc) is 2.73. The van der Waals surface area contributed by atoms with Crippen molar-refractivity contribution in [2.45, 2.75) is 24.9 Å². The zero-order valence-electron chi connectivity index (χ0n) is 17.1. The van der Waals surface area contributed by atoms with Gasteiger partial charge in [-0.3, -0.25) is 0 Å². The fraction of sp³-hybridized carbons (Fsp3) is 0.391. The van der Waals surface area contributed by atoms with Gasteiger partial charge in [-0.15, -0.1) is 12.4 Å². The smallest absolute Gasteiger partial charge is 0.335 e. The molecule has 3 rings (SSSR count). The maximum absolute atomic E-state index is 11.2. The summed E-state index contributed by atoms with van der Waals surface area (Å²) in [6.45, 7) is 3.06. The molecule has 0 spiro atoms. The topological polar surface area (TPSA) is 87.8 Å².